The first-order chi connectivity index (χ1) is 12.1. The normalized spacial score (nSPS) is 17.8. The molecule has 3 rings (SSSR count). The maximum Gasteiger partial charge on any atom is 0.495 e. The first kappa shape index (κ1) is 18.4. The molecule has 0 saturated carbocycles. The molecule has 1 aliphatic heterocycles. The lowest BCUT2D eigenvalue weighted by Gasteiger charge is -2.32. The molecule has 2 aromatic carbocycles. The predicted molar refractivity (Wildman–Crippen MR) is 101 cm³/mol. The molecule has 1 aliphatic rings. The van der Waals surface area contributed by atoms with Crippen molar-refractivity contribution in [2.75, 3.05) is 0 Å². The minimum absolute atomic E-state index is 0.0712. The minimum atomic E-state index is -0.445. The summed E-state index contributed by atoms with van der Waals surface area (Å²) < 4.78 is 12.2. The Balaban J connectivity index is 1.86. The maximum absolute atomic E-state index is 12.7. The fourth-order valence-electron chi connectivity index (χ4n) is 2.91. The smallest absolute Gasteiger partial charge is 0.399 e. The van der Waals surface area contributed by atoms with Gasteiger partial charge in [-0.2, -0.15) is 5.26 Å². The quantitative estimate of drug-likeness (QED) is 0.631. The zero-order valence-corrected chi connectivity index (χ0v) is 15.8. The van der Waals surface area contributed by atoms with Crippen molar-refractivity contribution in [3.63, 3.8) is 0 Å². The van der Waals surface area contributed by atoms with Crippen molar-refractivity contribution in [1.82, 2.24) is 0 Å². The average molecular weight is 347 g/mol. The van der Waals surface area contributed by atoms with E-state index in [0.29, 0.717) is 16.7 Å². The van der Waals surface area contributed by atoms with Crippen LogP contribution in [0.5, 0.6) is 0 Å². The van der Waals surface area contributed by atoms with Crippen LogP contribution < -0.4 is 5.46 Å². The topological polar surface area (TPSA) is 59.3 Å². The van der Waals surface area contributed by atoms with Crippen LogP contribution in [0.2, 0.25) is 0 Å². The van der Waals surface area contributed by atoms with Gasteiger partial charge in [0.05, 0.1) is 22.8 Å². The van der Waals surface area contributed by atoms with Gasteiger partial charge < -0.3 is 9.31 Å². The molecule has 5 heteroatoms. The van der Waals surface area contributed by atoms with Crippen LogP contribution in [0.1, 0.15) is 54.7 Å². The van der Waals surface area contributed by atoms with Crippen LogP contribution in [0.25, 0.3) is 0 Å². The Kier molecular flexibility index (Phi) is 4.52. The van der Waals surface area contributed by atoms with E-state index in [9.17, 15) is 4.79 Å². The Morgan fingerprint density at radius 1 is 0.962 bits per heavy atom. The van der Waals surface area contributed by atoms with Crippen LogP contribution in [0.4, 0.5) is 0 Å². The summed E-state index contributed by atoms with van der Waals surface area (Å²) in [4.78, 5) is 12.7. The lowest BCUT2D eigenvalue weighted by molar-refractivity contribution is 0.00578. The summed E-state index contributed by atoms with van der Waals surface area (Å²) in [5.74, 6) is -0.0712. The van der Waals surface area contributed by atoms with Crippen molar-refractivity contribution in [2.45, 2.75) is 45.8 Å². The highest BCUT2D eigenvalue weighted by Crippen LogP contribution is 2.36. The number of hydrogen-bond acceptors (Lipinski definition) is 4. The van der Waals surface area contributed by atoms with E-state index in [-0.39, 0.29) is 5.78 Å². The lowest BCUT2D eigenvalue weighted by atomic mass is 9.75. The van der Waals surface area contributed by atoms with Gasteiger partial charge in [0.2, 0.25) is 0 Å². The molecule has 0 bridgehead atoms. The molecule has 0 unspecified atom stereocenters. The zero-order chi connectivity index (χ0) is 19.1. The van der Waals surface area contributed by atoms with E-state index < -0.39 is 18.3 Å². The number of aryl methyl sites for hydroxylation is 1. The highest BCUT2D eigenvalue weighted by atomic mass is 16.7. The first-order valence-corrected chi connectivity index (χ1v) is 8.66. The molecule has 0 radical (unpaired) electrons. The Morgan fingerprint density at radius 2 is 1.50 bits per heavy atom. The summed E-state index contributed by atoms with van der Waals surface area (Å²) in [6, 6.07) is 14.3. The third-order valence-electron chi connectivity index (χ3n) is 5.32. The van der Waals surface area contributed by atoms with Crippen molar-refractivity contribution >= 4 is 18.4 Å². The molecular formula is C21H22BNO3. The number of carbonyl (C=O) groups is 1. The molecule has 132 valence electrons. The fourth-order valence-corrected chi connectivity index (χ4v) is 2.91. The average Bonchev–Trinajstić information content (AvgIpc) is 2.81. The Morgan fingerprint density at radius 3 is 2.00 bits per heavy atom. The van der Waals surface area contributed by atoms with Gasteiger partial charge in [0.1, 0.15) is 0 Å². The van der Waals surface area contributed by atoms with Crippen LogP contribution in [-0.2, 0) is 9.31 Å². The van der Waals surface area contributed by atoms with Gasteiger partial charge in [-0.15, -0.1) is 0 Å². The molecule has 1 fully saturated rings. The highest BCUT2D eigenvalue weighted by molar-refractivity contribution is 6.62. The number of hydrogen-bond donors (Lipinski definition) is 0. The van der Waals surface area contributed by atoms with E-state index in [2.05, 4.69) is 6.07 Å². The molecule has 0 amide bonds. The molecule has 0 spiro atoms. The van der Waals surface area contributed by atoms with Crippen molar-refractivity contribution in [3.8, 4) is 6.07 Å². The van der Waals surface area contributed by atoms with Crippen LogP contribution in [0.15, 0.2) is 42.5 Å². The van der Waals surface area contributed by atoms with E-state index in [4.69, 9.17) is 14.6 Å². The minimum Gasteiger partial charge on any atom is -0.399 e. The number of ketones is 1. The van der Waals surface area contributed by atoms with Crippen molar-refractivity contribution in [1.29, 1.82) is 5.26 Å². The van der Waals surface area contributed by atoms with Crippen molar-refractivity contribution in [3.05, 3.63) is 64.7 Å². The van der Waals surface area contributed by atoms with E-state index in [1.165, 1.54) is 0 Å². The van der Waals surface area contributed by atoms with Gasteiger partial charge in [0.15, 0.2) is 5.78 Å². The van der Waals surface area contributed by atoms with E-state index >= 15 is 0 Å². The van der Waals surface area contributed by atoms with Crippen molar-refractivity contribution < 1.29 is 14.1 Å². The standard InChI is InChI=1S/C21H22BNO3/c1-14-12-17(19(24)16-8-6-15(13-23)7-9-16)10-11-18(14)22-25-20(2,3)21(4,5)26-22/h6-12H,1-5H3. The summed E-state index contributed by atoms with van der Waals surface area (Å²) in [6.45, 7) is 10.0. The van der Waals surface area contributed by atoms with Crippen LogP contribution >= 0.6 is 0 Å². The molecule has 26 heavy (non-hydrogen) atoms. The number of rotatable bonds is 3. The Hall–Kier alpha value is -2.42. The van der Waals surface area contributed by atoms with Crippen LogP contribution in [0.3, 0.4) is 0 Å². The summed E-state index contributed by atoms with van der Waals surface area (Å²) in [7, 11) is -0.445. The predicted octanol–water partition coefficient (Wildman–Crippen LogP) is 3.40. The summed E-state index contributed by atoms with van der Waals surface area (Å²) in [6.07, 6.45) is 0. The SMILES string of the molecule is Cc1cc(C(=O)c2ccc(C#N)cc2)ccc1B1OC(C)(C)C(C)(C)O1. The number of nitriles is 1. The number of carbonyl (C=O) groups excluding carboxylic acids is 1. The second-order valence-corrected chi connectivity index (χ2v) is 7.68. The third kappa shape index (κ3) is 3.19. The van der Waals surface area contributed by atoms with E-state index in [0.717, 1.165) is 11.0 Å². The molecule has 1 saturated heterocycles. The van der Waals surface area contributed by atoms with Gasteiger partial charge in [-0.25, -0.2) is 0 Å². The number of nitrogens with zero attached hydrogens (tertiary/aromatic N) is 1. The Bertz CT molecular complexity index is 878. The molecular weight excluding hydrogens is 325 g/mol. The van der Waals surface area contributed by atoms with Crippen LogP contribution in [-0.4, -0.2) is 24.1 Å². The molecule has 2 aromatic rings. The monoisotopic (exact) mass is 347 g/mol. The summed E-state index contributed by atoms with van der Waals surface area (Å²) in [5.41, 5.74) is 2.78. The fraction of sp³-hybridized carbons (Fsp3) is 0.333. The molecule has 4 nitrogen and oxygen atoms in total. The van der Waals surface area contributed by atoms with Gasteiger partial charge in [0, 0.05) is 11.1 Å². The van der Waals surface area contributed by atoms with E-state index in [1.807, 2.05) is 46.8 Å². The molecule has 0 N–H and O–H groups in total. The molecule has 0 aromatic heterocycles. The second-order valence-electron chi connectivity index (χ2n) is 7.68. The third-order valence-corrected chi connectivity index (χ3v) is 5.32. The second kappa shape index (κ2) is 6.39. The van der Waals surface area contributed by atoms with Gasteiger partial charge in [-0.05, 0) is 70.4 Å². The van der Waals surface area contributed by atoms with Crippen LogP contribution in [0, 0.1) is 18.3 Å². The zero-order valence-electron chi connectivity index (χ0n) is 15.8. The van der Waals surface area contributed by atoms with Gasteiger partial charge in [0.25, 0.3) is 0 Å². The maximum atomic E-state index is 12.7. The van der Waals surface area contributed by atoms with Gasteiger partial charge in [-0.3, -0.25) is 4.79 Å². The molecule has 0 atom stereocenters. The number of benzene rings is 2. The lowest BCUT2D eigenvalue weighted by Crippen LogP contribution is -2.41. The first-order valence-electron chi connectivity index (χ1n) is 8.66. The van der Waals surface area contributed by atoms with E-state index in [1.54, 1.807) is 30.3 Å². The molecule has 1 heterocycles. The summed E-state index contributed by atoms with van der Waals surface area (Å²) in [5, 5.41) is 8.87. The van der Waals surface area contributed by atoms with Crippen molar-refractivity contribution in [2.24, 2.45) is 0 Å². The highest BCUT2D eigenvalue weighted by Gasteiger charge is 2.52. The molecule has 0 aliphatic carbocycles. The Labute approximate surface area is 154 Å². The van der Waals surface area contributed by atoms with Gasteiger partial charge in [-0.1, -0.05) is 17.7 Å². The summed E-state index contributed by atoms with van der Waals surface area (Å²) >= 11 is 0. The largest absolute Gasteiger partial charge is 0.495 e. The van der Waals surface area contributed by atoms with Gasteiger partial charge >= 0.3 is 7.12 Å².